The van der Waals surface area contributed by atoms with Gasteiger partial charge in [0.2, 0.25) is 11.8 Å². The lowest BCUT2D eigenvalue weighted by molar-refractivity contribution is -0.123. The van der Waals surface area contributed by atoms with Crippen molar-refractivity contribution in [3.05, 3.63) is 65.5 Å². The Morgan fingerprint density at radius 2 is 1.74 bits per heavy atom. The minimum Gasteiger partial charge on any atom is -0.501 e. The number of benzene rings is 1. The number of nitrogens with one attached hydrogen (secondary N) is 3. The topological polar surface area (TPSA) is 112 Å². The molecule has 206 valence electrons. The fraction of sp³-hybridized carbons (Fsp3) is 0.464. The van der Waals surface area contributed by atoms with Gasteiger partial charge in [-0.1, -0.05) is 30.4 Å². The second-order valence-electron chi connectivity index (χ2n) is 9.18. The molecule has 10 heteroatoms. The van der Waals surface area contributed by atoms with Crippen molar-refractivity contribution in [2.24, 2.45) is 0 Å². The zero-order valence-electron chi connectivity index (χ0n) is 22.3. The van der Waals surface area contributed by atoms with E-state index in [0.717, 1.165) is 43.8 Å². The highest BCUT2D eigenvalue weighted by Gasteiger charge is 2.22. The maximum Gasteiger partial charge on any atom is 0.409 e. The van der Waals surface area contributed by atoms with Gasteiger partial charge in [-0.2, -0.15) is 0 Å². The normalized spacial score (nSPS) is 15.7. The van der Waals surface area contributed by atoms with Gasteiger partial charge in [0.1, 0.15) is 0 Å². The fourth-order valence-electron chi connectivity index (χ4n) is 4.14. The van der Waals surface area contributed by atoms with E-state index >= 15 is 0 Å². The molecule has 38 heavy (non-hydrogen) atoms. The van der Waals surface area contributed by atoms with E-state index in [4.69, 9.17) is 9.47 Å². The van der Waals surface area contributed by atoms with Crippen molar-refractivity contribution in [1.29, 1.82) is 0 Å². The molecular weight excluding hydrogens is 486 g/mol. The number of hydrogen-bond acceptors (Lipinski definition) is 7. The number of carbonyl (C=O) groups is 3. The van der Waals surface area contributed by atoms with Gasteiger partial charge in [0.05, 0.1) is 32.6 Å². The molecule has 0 radical (unpaired) electrons. The predicted molar refractivity (Wildman–Crippen MR) is 147 cm³/mol. The van der Waals surface area contributed by atoms with E-state index < -0.39 is 0 Å². The number of ether oxygens (including phenoxy) is 2. The molecule has 3 amide bonds. The monoisotopic (exact) mass is 525 g/mol. The Kier molecular flexibility index (Phi) is 11.9. The van der Waals surface area contributed by atoms with Crippen LogP contribution in [-0.4, -0.2) is 94.3 Å². The summed E-state index contributed by atoms with van der Waals surface area (Å²) < 4.78 is 10.9. The van der Waals surface area contributed by atoms with Crippen molar-refractivity contribution in [3.63, 3.8) is 0 Å². The molecule has 0 atom stereocenters. The Labute approximate surface area is 224 Å². The molecule has 2 aliphatic rings. The van der Waals surface area contributed by atoms with Gasteiger partial charge >= 0.3 is 6.09 Å². The van der Waals surface area contributed by atoms with Crippen LogP contribution in [0.4, 0.5) is 10.5 Å². The second-order valence-corrected chi connectivity index (χ2v) is 9.18. The Morgan fingerprint density at radius 3 is 2.45 bits per heavy atom. The zero-order valence-corrected chi connectivity index (χ0v) is 22.3. The molecular formula is C28H39N5O5. The van der Waals surface area contributed by atoms with Crippen LogP contribution >= 0.6 is 0 Å². The molecule has 1 heterocycles. The number of amides is 3. The smallest absolute Gasteiger partial charge is 0.409 e. The van der Waals surface area contributed by atoms with Crippen molar-refractivity contribution in [1.82, 2.24) is 20.4 Å². The number of rotatable bonds is 12. The third-order valence-corrected chi connectivity index (χ3v) is 6.36. The number of carbonyl (C=O) groups excluding carboxylic acids is 3. The van der Waals surface area contributed by atoms with Crippen LogP contribution in [0.1, 0.15) is 18.4 Å². The predicted octanol–water partition coefficient (Wildman–Crippen LogP) is 2.06. The Bertz CT molecular complexity index is 1030. The first-order valence-corrected chi connectivity index (χ1v) is 13.0. The first kappa shape index (κ1) is 28.9. The van der Waals surface area contributed by atoms with Gasteiger partial charge in [0.15, 0.2) is 0 Å². The van der Waals surface area contributed by atoms with Gasteiger partial charge in [-0.25, -0.2) is 4.79 Å². The molecule has 0 unspecified atom stereocenters. The molecule has 3 N–H and O–H groups in total. The highest BCUT2D eigenvalue weighted by atomic mass is 16.6. The molecule has 1 saturated heterocycles. The molecule has 0 spiro atoms. The van der Waals surface area contributed by atoms with Gasteiger partial charge in [-0.3, -0.25) is 14.5 Å². The van der Waals surface area contributed by atoms with Crippen LogP contribution in [0.15, 0.2) is 59.9 Å². The summed E-state index contributed by atoms with van der Waals surface area (Å²) in [6.45, 7) is 4.26. The van der Waals surface area contributed by atoms with Crippen LogP contribution in [-0.2, 0) is 25.5 Å². The van der Waals surface area contributed by atoms with E-state index in [-0.39, 0.29) is 37.6 Å². The molecule has 0 aromatic heterocycles. The summed E-state index contributed by atoms with van der Waals surface area (Å²) in [5.74, 6) is 0.434. The van der Waals surface area contributed by atoms with Crippen molar-refractivity contribution >= 4 is 23.6 Å². The quantitative estimate of drug-likeness (QED) is 0.383. The lowest BCUT2D eigenvalue weighted by Crippen LogP contribution is -2.49. The zero-order chi connectivity index (χ0) is 27.2. The third kappa shape index (κ3) is 10.0. The van der Waals surface area contributed by atoms with Crippen LogP contribution in [0.2, 0.25) is 0 Å². The Balaban J connectivity index is 1.31. The van der Waals surface area contributed by atoms with Crippen LogP contribution in [0.25, 0.3) is 0 Å². The largest absolute Gasteiger partial charge is 0.501 e. The summed E-state index contributed by atoms with van der Waals surface area (Å²) in [7, 11) is 3.37. The van der Waals surface area contributed by atoms with Gasteiger partial charge in [-0.05, 0) is 42.8 Å². The number of nitrogens with zero attached hydrogens (tertiary/aromatic N) is 2. The van der Waals surface area contributed by atoms with Crippen LogP contribution in [0, 0.1) is 0 Å². The maximum atomic E-state index is 12.5. The maximum absolute atomic E-state index is 12.5. The van der Waals surface area contributed by atoms with Crippen molar-refractivity contribution in [3.8, 4) is 0 Å². The number of likely N-dealkylation sites (N-methyl/N-ethyl adjacent to an activating group) is 1. The highest BCUT2D eigenvalue weighted by Crippen LogP contribution is 2.17. The number of hydrogen-bond donors (Lipinski definition) is 3. The molecule has 10 nitrogen and oxygen atoms in total. The van der Waals surface area contributed by atoms with E-state index in [2.05, 4.69) is 45.2 Å². The minimum atomic E-state index is -0.299. The first-order valence-electron chi connectivity index (χ1n) is 13.0. The van der Waals surface area contributed by atoms with E-state index in [1.807, 2.05) is 12.1 Å². The Morgan fingerprint density at radius 1 is 0.974 bits per heavy atom. The summed E-state index contributed by atoms with van der Waals surface area (Å²) in [4.78, 5) is 40.0. The fourth-order valence-corrected chi connectivity index (χ4v) is 4.14. The molecule has 1 aromatic carbocycles. The summed E-state index contributed by atoms with van der Waals surface area (Å²) >= 11 is 0. The van der Waals surface area contributed by atoms with Gasteiger partial charge in [-0.15, -0.1) is 0 Å². The number of anilines is 1. The van der Waals surface area contributed by atoms with E-state index in [9.17, 15) is 14.4 Å². The summed E-state index contributed by atoms with van der Waals surface area (Å²) in [6, 6.07) is 7.34. The average Bonchev–Trinajstić information content (AvgIpc) is 3.17. The van der Waals surface area contributed by atoms with Crippen LogP contribution in [0.5, 0.6) is 0 Å². The lowest BCUT2D eigenvalue weighted by Gasteiger charge is -2.34. The van der Waals surface area contributed by atoms with E-state index in [0.29, 0.717) is 25.2 Å². The third-order valence-electron chi connectivity index (χ3n) is 6.36. The van der Waals surface area contributed by atoms with Gasteiger partial charge < -0.3 is 30.3 Å². The molecule has 3 rings (SSSR count). The molecule has 1 aliphatic heterocycles. The average molecular weight is 526 g/mol. The van der Waals surface area contributed by atoms with Crippen molar-refractivity contribution in [2.75, 3.05) is 71.9 Å². The summed E-state index contributed by atoms with van der Waals surface area (Å²) in [5.41, 5.74) is 2.89. The minimum absolute atomic E-state index is 0.0886. The van der Waals surface area contributed by atoms with Crippen LogP contribution < -0.4 is 16.0 Å². The molecule has 1 aliphatic carbocycles. The van der Waals surface area contributed by atoms with Gasteiger partial charge in [0, 0.05) is 51.3 Å². The molecule has 0 bridgehead atoms. The van der Waals surface area contributed by atoms with Gasteiger partial charge in [0.25, 0.3) is 0 Å². The lowest BCUT2D eigenvalue weighted by atomic mass is 10.1. The summed E-state index contributed by atoms with van der Waals surface area (Å²) in [6.07, 6.45) is 10.5. The standard InChI is InChI=1S/C28H39N5O5/c1-29-20-26(34)30-21-27(35)31-24-9-7-22(8-10-24)12-18-38-28(36)33-16-14-32(15-17-33)13-11-23-5-3-4-6-25(19-23)37-2/h3-5,7-10,19,29H,6,11-18,20-21H2,1-2H3,(H,30,34)(H,31,35). The molecule has 0 saturated carbocycles. The Hall–Kier alpha value is -3.63. The first-order chi connectivity index (χ1) is 18.5. The summed E-state index contributed by atoms with van der Waals surface area (Å²) in [5, 5.41) is 7.99. The molecule has 1 fully saturated rings. The van der Waals surface area contributed by atoms with E-state index in [1.165, 1.54) is 5.57 Å². The molecule has 1 aromatic rings. The van der Waals surface area contributed by atoms with Crippen molar-refractivity contribution < 1.29 is 23.9 Å². The van der Waals surface area contributed by atoms with E-state index in [1.54, 1.807) is 31.2 Å². The number of allylic oxidation sites excluding steroid dienone is 4. The highest BCUT2D eigenvalue weighted by molar-refractivity contribution is 5.94. The SMILES string of the molecule is CNCC(=O)NCC(=O)Nc1ccc(CCOC(=O)N2CCN(CCC3=CC=CCC(OC)=C3)CC2)cc1. The number of piperazine rings is 1. The van der Waals surface area contributed by atoms with Crippen LogP contribution in [0.3, 0.4) is 0 Å². The number of methoxy groups -OCH3 is 1. The van der Waals surface area contributed by atoms with Crippen molar-refractivity contribution in [2.45, 2.75) is 19.3 Å². The second kappa shape index (κ2) is 15.6.